The van der Waals surface area contributed by atoms with E-state index in [0.717, 1.165) is 28.7 Å². The number of nitrogens with two attached hydrogens (primary N) is 1. The Morgan fingerprint density at radius 1 is 1.23 bits per heavy atom. The third kappa shape index (κ3) is 4.74. The zero-order valence-corrected chi connectivity index (χ0v) is 18.5. The Morgan fingerprint density at radius 3 is 2.68 bits per heavy atom. The van der Waals surface area contributed by atoms with Crippen LogP contribution in [0.25, 0.3) is 0 Å². The van der Waals surface area contributed by atoms with Crippen molar-refractivity contribution in [2.75, 3.05) is 11.1 Å². The van der Waals surface area contributed by atoms with Crippen molar-refractivity contribution in [2.24, 2.45) is 0 Å². The molecule has 2 aromatic rings. The van der Waals surface area contributed by atoms with Crippen LogP contribution in [0.1, 0.15) is 47.1 Å². The third-order valence-electron chi connectivity index (χ3n) is 6.10. The van der Waals surface area contributed by atoms with Gasteiger partial charge in [-0.3, -0.25) is 9.59 Å². The number of hydrogen-bond acceptors (Lipinski definition) is 4. The SMILES string of the molecule is C=CCCCC(=O)N1Cc2cc(N)ccc2C[C@H]1C(=O)Nc1cc(C)c(O)c(C)c1C. The fraction of sp³-hybridized carbons (Fsp3) is 0.360. The maximum atomic E-state index is 13.3. The maximum absolute atomic E-state index is 13.3. The summed E-state index contributed by atoms with van der Waals surface area (Å²) in [5.41, 5.74) is 11.5. The van der Waals surface area contributed by atoms with E-state index in [4.69, 9.17) is 5.73 Å². The van der Waals surface area contributed by atoms with E-state index in [1.165, 1.54) is 0 Å². The molecule has 6 heteroatoms. The van der Waals surface area contributed by atoms with Crippen LogP contribution in [-0.2, 0) is 22.6 Å². The van der Waals surface area contributed by atoms with Gasteiger partial charge in [-0.2, -0.15) is 0 Å². The van der Waals surface area contributed by atoms with Gasteiger partial charge in [0.2, 0.25) is 11.8 Å². The Balaban J connectivity index is 1.89. The predicted octanol–water partition coefficient (Wildman–Crippen LogP) is 4.15. The molecule has 31 heavy (non-hydrogen) atoms. The summed E-state index contributed by atoms with van der Waals surface area (Å²) < 4.78 is 0. The number of rotatable bonds is 6. The van der Waals surface area contributed by atoms with E-state index >= 15 is 0 Å². The Morgan fingerprint density at radius 2 is 1.97 bits per heavy atom. The molecule has 0 saturated carbocycles. The zero-order chi connectivity index (χ0) is 22.7. The molecule has 0 spiro atoms. The molecule has 164 valence electrons. The van der Waals surface area contributed by atoms with Crippen LogP contribution < -0.4 is 11.1 Å². The number of hydrogen-bond donors (Lipinski definition) is 3. The lowest BCUT2D eigenvalue weighted by atomic mass is 9.92. The molecule has 1 aliphatic rings. The smallest absolute Gasteiger partial charge is 0.247 e. The average molecular weight is 422 g/mol. The Labute approximate surface area is 183 Å². The van der Waals surface area contributed by atoms with Crippen molar-refractivity contribution in [2.45, 2.75) is 59.0 Å². The molecule has 1 atom stereocenters. The lowest BCUT2D eigenvalue weighted by Gasteiger charge is -2.36. The van der Waals surface area contributed by atoms with E-state index in [1.54, 1.807) is 24.0 Å². The number of nitrogens with zero attached hydrogens (tertiary/aromatic N) is 1. The highest BCUT2D eigenvalue weighted by atomic mass is 16.3. The van der Waals surface area contributed by atoms with Crippen LogP contribution in [0.3, 0.4) is 0 Å². The van der Waals surface area contributed by atoms with Crippen molar-refractivity contribution >= 4 is 23.2 Å². The number of carbonyl (C=O) groups excluding carboxylic acids is 2. The molecule has 0 aromatic heterocycles. The first-order valence-corrected chi connectivity index (χ1v) is 10.6. The monoisotopic (exact) mass is 421 g/mol. The normalized spacial score (nSPS) is 15.3. The minimum Gasteiger partial charge on any atom is -0.507 e. The summed E-state index contributed by atoms with van der Waals surface area (Å²) in [7, 11) is 0. The molecule has 2 aromatic carbocycles. The fourth-order valence-electron chi connectivity index (χ4n) is 4.06. The van der Waals surface area contributed by atoms with E-state index in [1.807, 2.05) is 32.0 Å². The molecule has 1 heterocycles. The van der Waals surface area contributed by atoms with Crippen molar-refractivity contribution in [1.82, 2.24) is 4.90 Å². The van der Waals surface area contributed by atoms with E-state index in [-0.39, 0.29) is 17.6 Å². The number of fused-ring (bicyclic) bond motifs is 1. The summed E-state index contributed by atoms with van der Waals surface area (Å²) in [5.74, 6) is -0.0456. The maximum Gasteiger partial charge on any atom is 0.247 e. The molecule has 0 fully saturated rings. The minimum absolute atomic E-state index is 0.0511. The van der Waals surface area contributed by atoms with Gasteiger partial charge in [-0.15, -0.1) is 6.58 Å². The summed E-state index contributed by atoms with van der Waals surface area (Å²) >= 11 is 0. The van der Waals surface area contributed by atoms with Crippen molar-refractivity contribution in [3.63, 3.8) is 0 Å². The molecule has 0 aliphatic carbocycles. The number of nitrogens with one attached hydrogen (secondary N) is 1. The second-order valence-corrected chi connectivity index (χ2v) is 8.28. The largest absolute Gasteiger partial charge is 0.507 e. The Hall–Kier alpha value is -3.28. The molecule has 6 nitrogen and oxygen atoms in total. The van der Waals surface area contributed by atoms with Crippen molar-refractivity contribution < 1.29 is 14.7 Å². The number of phenolic OH excluding ortho intramolecular Hbond substituents is 1. The molecule has 1 aliphatic heterocycles. The molecular weight excluding hydrogens is 390 g/mol. The number of amides is 2. The quantitative estimate of drug-likeness (QED) is 0.283. The van der Waals surface area contributed by atoms with Crippen molar-refractivity contribution in [3.8, 4) is 5.75 Å². The lowest BCUT2D eigenvalue weighted by Crippen LogP contribution is -2.50. The highest BCUT2D eigenvalue weighted by Crippen LogP contribution is 2.32. The van der Waals surface area contributed by atoms with Gasteiger partial charge in [-0.1, -0.05) is 12.1 Å². The number of aryl methyl sites for hydroxylation is 1. The van der Waals surface area contributed by atoms with Gasteiger partial charge in [-0.05, 0) is 79.6 Å². The summed E-state index contributed by atoms with van der Waals surface area (Å²) in [6, 6.07) is 6.80. The molecular formula is C25H31N3O3. The summed E-state index contributed by atoms with van der Waals surface area (Å²) in [4.78, 5) is 28.0. The van der Waals surface area contributed by atoms with Crippen LogP contribution in [-0.4, -0.2) is 27.9 Å². The van der Waals surface area contributed by atoms with Gasteiger partial charge in [-0.25, -0.2) is 0 Å². The molecule has 3 rings (SSSR count). The van der Waals surface area contributed by atoms with E-state index in [9.17, 15) is 14.7 Å². The number of carbonyl (C=O) groups is 2. The number of nitrogen functional groups attached to an aromatic ring is 1. The van der Waals surface area contributed by atoms with E-state index in [2.05, 4.69) is 11.9 Å². The Kier molecular flexibility index (Phi) is 6.68. The van der Waals surface area contributed by atoms with Crippen LogP contribution >= 0.6 is 0 Å². The minimum atomic E-state index is -0.610. The van der Waals surface area contributed by atoms with Crippen LogP contribution in [0.2, 0.25) is 0 Å². The second-order valence-electron chi connectivity index (χ2n) is 8.28. The molecule has 0 saturated heterocycles. The van der Waals surface area contributed by atoms with Gasteiger partial charge in [0.05, 0.1) is 0 Å². The van der Waals surface area contributed by atoms with E-state index in [0.29, 0.717) is 42.7 Å². The van der Waals surface area contributed by atoms with E-state index < -0.39 is 6.04 Å². The summed E-state index contributed by atoms with van der Waals surface area (Å²) in [6.45, 7) is 9.55. The Bertz CT molecular complexity index is 1030. The van der Waals surface area contributed by atoms with Gasteiger partial charge in [0.1, 0.15) is 11.8 Å². The molecule has 0 bridgehead atoms. The van der Waals surface area contributed by atoms with Crippen LogP contribution in [0.5, 0.6) is 5.75 Å². The van der Waals surface area contributed by atoms with Gasteiger partial charge in [0.25, 0.3) is 0 Å². The van der Waals surface area contributed by atoms with Crippen LogP contribution in [0.4, 0.5) is 11.4 Å². The van der Waals surface area contributed by atoms with Gasteiger partial charge < -0.3 is 21.1 Å². The molecule has 0 unspecified atom stereocenters. The predicted molar refractivity (Wildman–Crippen MR) is 124 cm³/mol. The summed E-state index contributed by atoms with van der Waals surface area (Å²) in [5, 5.41) is 13.2. The number of anilines is 2. The zero-order valence-electron chi connectivity index (χ0n) is 18.5. The number of unbranched alkanes of at least 4 members (excludes halogenated alkanes) is 1. The summed E-state index contributed by atoms with van der Waals surface area (Å²) in [6.07, 6.45) is 4.05. The molecule has 0 radical (unpaired) electrons. The number of phenols is 1. The highest BCUT2D eigenvalue weighted by molar-refractivity contribution is 5.98. The lowest BCUT2D eigenvalue weighted by molar-refractivity contribution is -0.140. The van der Waals surface area contributed by atoms with Gasteiger partial charge in [0.15, 0.2) is 0 Å². The topological polar surface area (TPSA) is 95.7 Å². The molecule has 4 N–H and O–H groups in total. The van der Waals surface area contributed by atoms with Crippen molar-refractivity contribution in [1.29, 1.82) is 0 Å². The number of aromatic hydroxyl groups is 1. The number of benzene rings is 2. The standard InChI is InChI=1S/C25H31N3O3/c1-5-6-7-8-23(29)28-14-19-12-20(26)10-9-18(19)13-22(28)25(31)27-21-11-15(2)24(30)17(4)16(21)3/h5,9-12,22,30H,1,6-8,13-14,26H2,2-4H3,(H,27,31)/t22-/m0/s1. The van der Waals surface area contributed by atoms with Crippen LogP contribution in [0.15, 0.2) is 36.9 Å². The van der Waals surface area contributed by atoms with Gasteiger partial charge in [0, 0.05) is 30.8 Å². The average Bonchev–Trinajstić information content (AvgIpc) is 2.75. The van der Waals surface area contributed by atoms with Gasteiger partial charge >= 0.3 is 0 Å². The third-order valence-corrected chi connectivity index (χ3v) is 6.10. The molecule has 2 amide bonds. The first kappa shape index (κ1) is 22.4. The fourth-order valence-corrected chi connectivity index (χ4v) is 4.06. The van der Waals surface area contributed by atoms with Crippen molar-refractivity contribution in [3.05, 3.63) is 64.7 Å². The first-order chi connectivity index (χ1) is 14.7. The highest BCUT2D eigenvalue weighted by Gasteiger charge is 2.34. The first-order valence-electron chi connectivity index (χ1n) is 10.6. The second kappa shape index (κ2) is 9.25. The number of allylic oxidation sites excluding steroid dienone is 1. The van der Waals surface area contributed by atoms with Crippen LogP contribution in [0, 0.1) is 20.8 Å².